The summed E-state index contributed by atoms with van der Waals surface area (Å²) in [6.45, 7) is 1.34. The summed E-state index contributed by atoms with van der Waals surface area (Å²) in [5, 5.41) is 26.2. The minimum absolute atomic E-state index is 0.0704. The number of ether oxygens (including phenoxy) is 1. The van der Waals surface area contributed by atoms with Crippen LogP contribution in [0, 0.1) is 27.3 Å². The SMILES string of the molecule is COc1ccc(-c2nn(-c3ccccc3)cc2/C=C2/C(=O)N(Cc3ccc(F)cc3)C(=O)C(C#N)=C2C)cc1[N+](=O)[O-]. The Morgan fingerprint density at radius 1 is 1.07 bits per heavy atom. The minimum atomic E-state index is -0.757. The van der Waals surface area contributed by atoms with E-state index in [1.54, 1.807) is 16.9 Å². The molecule has 2 amide bonds. The number of nitriles is 1. The van der Waals surface area contributed by atoms with Gasteiger partial charge in [-0.3, -0.25) is 24.6 Å². The highest BCUT2D eigenvalue weighted by atomic mass is 19.1. The summed E-state index contributed by atoms with van der Waals surface area (Å²) in [5.41, 5.74) is 2.08. The first kappa shape index (κ1) is 27.7. The zero-order valence-corrected chi connectivity index (χ0v) is 22.4. The maximum atomic E-state index is 13.7. The molecule has 1 aliphatic heterocycles. The molecule has 42 heavy (non-hydrogen) atoms. The van der Waals surface area contributed by atoms with Gasteiger partial charge in [-0.2, -0.15) is 10.4 Å². The predicted octanol–water partition coefficient (Wildman–Crippen LogP) is 5.39. The van der Waals surface area contributed by atoms with E-state index in [9.17, 15) is 29.4 Å². The van der Waals surface area contributed by atoms with Crippen molar-refractivity contribution in [1.29, 1.82) is 5.26 Å². The monoisotopic (exact) mass is 563 g/mol. The lowest BCUT2D eigenvalue weighted by Crippen LogP contribution is -2.42. The fraction of sp³-hybridized carbons (Fsp3) is 0.0968. The van der Waals surface area contributed by atoms with Crippen molar-refractivity contribution in [3.63, 3.8) is 0 Å². The average Bonchev–Trinajstić information content (AvgIpc) is 3.42. The fourth-order valence-electron chi connectivity index (χ4n) is 4.61. The summed E-state index contributed by atoms with van der Waals surface area (Å²) in [6, 6.07) is 20.8. The number of hydrogen-bond acceptors (Lipinski definition) is 7. The quantitative estimate of drug-likeness (QED) is 0.128. The van der Waals surface area contributed by atoms with Gasteiger partial charge in [0.25, 0.3) is 11.8 Å². The van der Waals surface area contributed by atoms with Gasteiger partial charge in [-0.1, -0.05) is 30.3 Å². The van der Waals surface area contributed by atoms with Crippen LogP contribution in [0.5, 0.6) is 5.75 Å². The van der Waals surface area contributed by atoms with Crippen LogP contribution in [0.25, 0.3) is 23.0 Å². The van der Waals surface area contributed by atoms with Crippen molar-refractivity contribution in [2.75, 3.05) is 7.11 Å². The van der Waals surface area contributed by atoms with E-state index in [0.717, 1.165) is 4.90 Å². The molecule has 2 heterocycles. The molecule has 0 atom stereocenters. The first-order valence-electron chi connectivity index (χ1n) is 12.6. The number of nitro groups is 1. The van der Waals surface area contributed by atoms with Gasteiger partial charge in [-0.25, -0.2) is 9.07 Å². The maximum absolute atomic E-state index is 13.7. The van der Waals surface area contributed by atoms with Gasteiger partial charge in [0.1, 0.15) is 23.2 Å². The maximum Gasteiger partial charge on any atom is 0.311 e. The highest BCUT2D eigenvalue weighted by molar-refractivity contribution is 6.19. The molecule has 10 nitrogen and oxygen atoms in total. The standard InChI is InChI=1S/C31H22FN5O5/c1-19-25(30(38)35(31(39)26(19)16-33)17-20-8-11-23(32)12-9-20)14-22-18-36(24-6-4-3-5-7-24)34-29(22)21-10-13-28(42-2)27(15-21)37(40)41/h3-15,18H,17H2,1-2H3/b25-14+. The van der Waals surface area contributed by atoms with Gasteiger partial charge in [0, 0.05) is 29.0 Å². The van der Waals surface area contributed by atoms with Crippen LogP contribution in [-0.4, -0.2) is 38.5 Å². The van der Waals surface area contributed by atoms with Crippen LogP contribution in [0.3, 0.4) is 0 Å². The smallest absolute Gasteiger partial charge is 0.311 e. The average molecular weight is 564 g/mol. The van der Waals surface area contributed by atoms with Gasteiger partial charge in [-0.05, 0) is 60.5 Å². The molecule has 0 saturated heterocycles. The third-order valence-corrected chi connectivity index (χ3v) is 6.79. The summed E-state index contributed by atoms with van der Waals surface area (Å²) < 4.78 is 20.1. The predicted molar refractivity (Wildman–Crippen MR) is 150 cm³/mol. The summed E-state index contributed by atoms with van der Waals surface area (Å²) in [4.78, 5) is 38.9. The number of hydrogen-bond donors (Lipinski definition) is 0. The van der Waals surface area contributed by atoms with Crippen LogP contribution in [0.2, 0.25) is 0 Å². The van der Waals surface area contributed by atoms with Crippen LogP contribution in [0.4, 0.5) is 10.1 Å². The number of imide groups is 1. The number of rotatable bonds is 7. The summed E-state index contributed by atoms with van der Waals surface area (Å²) in [6.07, 6.45) is 3.16. The molecule has 0 unspecified atom stereocenters. The Kier molecular flexibility index (Phi) is 7.45. The molecule has 0 radical (unpaired) electrons. The highest BCUT2D eigenvalue weighted by Gasteiger charge is 2.36. The molecule has 0 saturated carbocycles. The molecule has 0 N–H and O–H groups in total. The number of halogens is 1. The number of methoxy groups -OCH3 is 1. The Labute approximate surface area is 239 Å². The molecule has 1 aliphatic rings. The molecule has 208 valence electrons. The number of carbonyl (C=O) groups excluding carboxylic acids is 2. The largest absolute Gasteiger partial charge is 0.490 e. The Hall–Kier alpha value is -5.89. The zero-order chi connectivity index (χ0) is 30.0. The second kappa shape index (κ2) is 11.3. The summed E-state index contributed by atoms with van der Waals surface area (Å²) in [7, 11) is 1.33. The number of nitrogens with zero attached hydrogens (tertiary/aromatic N) is 5. The van der Waals surface area contributed by atoms with Crippen LogP contribution in [0.1, 0.15) is 18.1 Å². The molecule has 4 aromatic rings. The molecule has 0 bridgehead atoms. The van der Waals surface area contributed by atoms with E-state index < -0.39 is 22.6 Å². The lowest BCUT2D eigenvalue weighted by molar-refractivity contribution is -0.385. The van der Waals surface area contributed by atoms with Crippen LogP contribution in [0.15, 0.2) is 95.7 Å². The lowest BCUT2D eigenvalue weighted by Gasteiger charge is -2.27. The van der Waals surface area contributed by atoms with Crippen LogP contribution in [-0.2, 0) is 16.1 Å². The molecule has 3 aromatic carbocycles. The fourth-order valence-corrected chi connectivity index (χ4v) is 4.61. The number of amides is 2. The minimum Gasteiger partial charge on any atom is -0.490 e. The number of para-hydroxylation sites is 1. The van der Waals surface area contributed by atoms with E-state index in [-0.39, 0.29) is 34.7 Å². The molecule has 0 aliphatic carbocycles. The van der Waals surface area contributed by atoms with Gasteiger partial charge < -0.3 is 4.74 Å². The molecular formula is C31H22FN5O5. The van der Waals surface area contributed by atoms with E-state index in [4.69, 9.17) is 4.74 Å². The van der Waals surface area contributed by atoms with Crippen molar-refractivity contribution >= 4 is 23.6 Å². The van der Waals surface area contributed by atoms with E-state index >= 15 is 0 Å². The number of carbonyl (C=O) groups is 2. The summed E-state index contributed by atoms with van der Waals surface area (Å²) >= 11 is 0. The van der Waals surface area contributed by atoms with E-state index in [1.165, 1.54) is 56.5 Å². The second-order valence-electron chi connectivity index (χ2n) is 9.35. The topological polar surface area (TPSA) is 131 Å². The van der Waals surface area contributed by atoms with Crippen molar-refractivity contribution in [2.45, 2.75) is 13.5 Å². The molecule has 0 fully saturated rings. The highest BCUT2D eigenvalue weighted by Crippen LogP contribution is 2.35. The van der Waals surface area contributed by atoms with Crippen LogP contribution < -0.4 is 4.74 Å². The van der Waals surface area contributed by atoms with Gasteiger partial charge in [0.05, 0.1) is 24.3 Å². The summed E-state index contributed by atoms with van der Waals surface area (Å²) in [5.74, 6) is -1.81. The van der Waals surface area contributed by atoms with E-state index in [0.29, 0.717) is 28.1 Å². The van der Waals surface area contributed by atoms with Gasteiger partial charge in [0.15, 0.2) is 5.75 Å². The van der Waals surface area contributed by atoms with E-state index in [2.05, 4.69) is 5.10 Å². The number of nitro benzene ring substituents is 1. The van der Waals surface area contributed by atoms with Crippen molar-refractivity contribution in [3.8, 4) is 28.8 Å². The first-order chi connectivity index (χ1) is 20.2. The van der Waals surface area contributed by atoms with Crippen molar-refractivity contribution in [1.82, 2.24) is 14.7 Å². The number of aromatic nitrogens is 2. The third-order valence-electron chi connectivity index (χ3n) is 6.79. The Balaban J connectivity index is 1.68. The molecule has 11 heteroatoms. The molecule has 1 aromatic heterocycles. The third kappa shape index (κ3) is 5.16. The second-order valence-corrected chi connectivity index (χ2v) is 9.35. The van der Waals surface area contributed by atoms with Gasteiger partial charge in [0.2, 0.25) is 0 Å². The van der Waals surface area contributed by atoms with Crippen molar-refractivity contribution in [2.24, 2.45) is 0 Å². The molecule has 0 spiro atoms. The molecular weight excluding hydrogens is 541 g/mol. The van der Waals surface area contributed by atoms with Crippen molar-refractivity contribution in [3.05, 3.63) is 123 Å². The van der Waals surface area contributed by atoms with Crippen molar-refractivity contribution < 1.29 is 23.6 Å². The number of benzene rings is 3. The first-order valence-corrected chi connectivity index (χ1v) is 12.6. The Morgan fingerprint density at radius 2 is 1.79 bits per heavy atom. The van der Waals surface area contributed by atoms with Gasteiger partial charge in [-0.15, -0.1) is 0 Å². The normalized spacial score (nSPS) is 14.3. The molecule has 5 rings (SSSR count). The van der Waals surface area contributed by atoms with Crippen LogP contribution >= 0.6 is 0 Å². The Bertz CT molecular complexity index is 1840. The van der Waals surface area contributed by atoms with E-state index in [1.807, 2.05) is 36.4 Å². The lowest BCUT2D eigenvalue weighted by atomic mass is 9.93. The zero-order valence-electron chi connectivity index (χ0n) is 22.4. The van der Waals surface area contributed by atoms with Gasteiger partial charge >= 0.3 is 5.69 Å². The Morgan fingerprint density at radius 3 is 2.43 bits per heavy atom.